The second kappa shape index (κ2) is 10.5. The van der Waals surface area contributed by atoms with E-state index in [1.54, 1.807) is 0 Å². The number of hydrogen-bond acceptors (Lipinski definition) is 2. The first kappa shape index (κ1) is 31.1. The average Bonchev–Trinajstić information content (AvgIpc) is 3.84. The number of nitrogens with zero attached hydrogens (tertiary/aromatic N) is 3. The number of aromatic nitrogens is 2. The Balaban J connectivity index is 1.30. The maximum atomic E-state index is 2.70. The van der Waals surface area contributed by atoms with Crippen LogP contribution in [0.15, 0.2) is 133 Å². The molecule has 256 valence electrons. The second-order valence-electron chi connectivity index (χ2n) is 17.0. The highest BCUT2D eigenvalue weighted by atomic mass is 32.1. The first-order valence-corrected chi connectivity index (χ1v) is 19.7. The third kappa shape index (κ3) is 4.17. The lowest BCUT2D eigenvalue weighted by Crippen LogP contribution is -2.56. The summed E-state index contributed by atoms with van der Waals surface area (Å²) in [6.45, 7) is 13.9. The number of fused-ring (bicyclic) bond motifs is 11. The molecule has 9 aromatic rings. The molecule has 0 radical (unpaired) electrons. The Labute approximate surface area is 314 Å². The van der Waals surface area contributed by atoms with Crippen LogP contribution in [0.1, 0.15) is 52.7 Å². The summed E-state index contributed by atoms with van der Waals surface area (Å²) in [6.07, 6.45) is 0. The van der Waals surface area contributed by atoms with E-state index in [1.165, 1.54) is 98.9 Å². The summed E-state index contributed by atoms with van der Waals surface area (Å²) in [7, 11) is 0. The molecule has 53 heavy (non-hydrogen) atoms. The van der Waals surface area contributed by atoms with E-state index in [2.05, 4.69) is 188 Å². The number of anilines is 3. The van der Waals surface area contributed by atoms with Crippen LogP contribution in [-0.4, -0.2) is 15.9 Å². The standard InChI is InChI=1S/C48H40BN3S/c1-47(2,3)29-20-23-32(24-21-29)50-40-25-22-30(48(4,5)6)26-37(40)49-43-41(50)28-53-46(43)36-27-35-33-16-10-12-18-38(33)51(31-14-8-7-9-15-31)44(35)42-34-17-11-13-19-39(34)52(49)45(36)42/h7-28H,1-6H3. The fourth-order valence-electron chi connectivity index (χ4n) is 9.31. The normalized spacial score (nSPS) is 13.8. The van der Waals surface area contributed by atoms with E-state index in [-0.39, 0.29) is 17.7 Å². The summed E-state index contributed by atoms with van der Waals surface area (Å²) in [5.41, 5.74) is 17.0. The van der Waals surface area contributed by atoms with Gasteiger partial charge in [-0.05, 0) is 81.4 Å². The third-order valence-corrected chi connectivity index (χ3v) is 12.9. The van der Waals surface area contributed by atoms with Crippen LogP contribution in [0.5, 0.6) is 0 Å². The first-order chi connectivity index (χ1) is 25.6. The number of rotatable bonds is 2. The lowest BCUT2D eigenvalue weighted by atomic mass is 9.46. The summed E-state index contributed by atoms with van der Waals surface area (Å²) in [5.74, 6) is 0. The molecule has 0 bridgehead atoms. The Morgan fingerprint density at radius 2 is 1.21 bits per heavy atom. The van der Waals surface area contributed by atoms with Gasteiger partial charge in [0.25, 0.3) is 0 Å². The minimum Gasteiger partial charge on any atom is -0.375 e. The van der Waals surface area contributed by atoms with Crippen molar-refractivity contribution < 1.29 is 0 Å². The predicted octanol–water partition coefficient (Wildman–Crippen LogP) is 12.0. The van der Waals surface area contributed by atoms with Crippen LogP contribution < -0.4 is 15.8 Å². The van der Waals surface area contributed by atoms with Gasteiger partial charge in [-0.1, -0.05) is 120 Å². The van der Waals surface area contributed by atoms with Gasteiger partial charge in [0, 0.05) is 65.5 Å². The molecular formula is C48H40BN3S. The van der Waals surface area contributed by atoms with Gasteiger partial charge in [0.2, 0.25) is 0 Å². The van der Waals surface area contributed by atoms with E-state index in [0.717, 1.165) is 0 Å². The predicted molar refractivity (Wildman–Crippen MR) is 230 cm³/mol. The van der Waals surface area contributed by atoms with E-state index in [1.807, 2.05) is 11.3 Å². The van der Waals surface area contributed by atoms with Crippen LogP contribution >= 0.6 is 11.3 Å². The minimum absolute atomic E-state index is 0.00933. The molecule has 5 heterocycles. The molecule has 2 aliphatic heterocycles. The molecule has 0 unspecified atom stereocenters. The highest BCUT2D eigenvalue weighted by molar-refractivity contribution is 7.17. The summed E-state index contributed by atoms with van der Waals surface area (Å²) in [4.78, 5) is 3.92. The molecule has 0 aliphatic carbocycles. The lowest BCUT2D eigenvalue weighted by molar-refractivity contribution is 0.590. The van der Waals surface area contributed by atoms with Crippen LogP contribution in [0.25, 0.3) is 59.7 Å². The Morgan fingerprint density at radius 3 is 1.94 bits per heavy atom. The molecule has 5 heteroatoms. The molecule has 11 rings (SSSR count). The van der Waals surface area contributed by atoms with Gasteiger partial charge >= 0.3 is 6.85 Å². The highest BCUT2D eigenvalue weighted by Gasteiger charge is 2.44. The molecule has 0 saturated carbocycles. The first-order valence-electron chi connectivity index (χ1n) is 18.8. The molecule has 0 spiro atoms. The summed E-state index contributed by atoms with van der Waals surface area (Å²) in [6, 6.07) is 48.1. The summed E-state index contributed by atoms with van der Waals surface area (Å²) in [5, 5.41) is 7.65. The number of para-hydroxylation sites is 3. The molecule has 2 aliphatic rings. The zero-order valence-corrected chi connectivity index (χ0v) is 31.8. The number of thiophene rings is 1. The van der Waals surface area contributed by atoms with Gasteiger partial charge in [0.05, 0.1) is 16.7 Å². The van der Waals surface area contributed by atoms with Gasteiger partial charge in [-0.3, -0.25) is 0 Å². The van der Waals surface area contributed by atoms with Crippen molar-refractivity contribution in [2.75, 3.05) is 4.90 Å². The Kier molecular flexibility index (Phi) is 6.18. The van der Waals surface area contributed by atoms with E-state index in [0.29, 0.717) is 0 Å². The Morgan fingerprint density at radius 1 is 0.547 bits per heavy atom. The van der Waals surface area contributed by atoms with Crippen molar-refractivity contribution >= 4 is 89.8 Å². The summed E-state index contributed by atoms with van der Waals surface area (Å²) < 4.78 is 5.21. The van der Waals surface area contributed by atoms with Gasteiger partial charge in [-0.15, -0.1) is 11.3 Å². The zero-order chi connectivity index (χ0) is 36.0. The molecule has 0 atom stereocenters. The van der Waals surface area contributed by atoms with Gasteiger partial charge in [-0.25, -0.2) is 0 Å². The van der Waals surface area contributed by atoms with Crippen molar-refractivity contribution in [3.05, 3.63) is 144 Å². The quantitative estimate of drug-likeness (QED) is 0.164. The minimum atomic E-state index is 0.00933. The molecule has 3 aromatic heterocycles. The maximum Gasteiger partial charge on any atom is 0.333 e. The largest absolute Gasteiger partial charge is 0.375 e. The maximum absolute atomic E-state index is 2.70. The molecule has 6 aromatic carbocycles. The fourth-order valence-corrected chi connectivity index (χ4v) is 10.4. The molecule has 3 nitrogen and oxygen atoms in total. The van der Waals surface area contributed by atoms with Crippen molar-refractivity contribution in [1.82, 2.24) is 9.05 Å². The average molecular weight is 702 g/mol. The van der Waals surface area contributed by atoms with Crippen molar-refractivity contribution in [3.63, 3.8) is 0 Å². The van der Waals surface area contributed by atoms with E-state index in [9.17, 15) is 0 Å². The van der Waals surface area contributed by atoms with Crippen molar-refractivity contribution in [2.24, 2.45) is 0 Å². The number of hydrogen-bond donors (Lipinski definition) is 0. The van der Waals surface area contributed by atoms with Crippen molar-refractivity contribution in [2.45, 2.75) is 52.4 Å². The summed E-state index contributed by atoms with van der Waals surface area (Å²) >= 11 is 1.91. The van der Waals surface area contributed by atoms with E-state index in [4.69, 9.17) is 0 Å². The topological polar surface area (TPSA) is 13.1 Å². The van der Waals surface area contributed by atoms with Crippen LogP contribution in [0.3, 0.4) is 0 Å². The van der Waals surface area contributed by atoms with E-state index >= 15 is 0 Å². The van der Waals surface area contributed by atoms with Gasteiger partial charge < -0.3 is 13.9 Å². The molecule has 0 amide bonds. The van der Waals surface area contributed by atoms with Crippen LogP contribution in [-0.2, 0) is 10.8 Å². The second-order valence-corrected chi connectivity index (χ2v) is 17.9. The molecule has 0 N–H and O–H groups in total. The van der Waals surface area contributed by atoms with Gasteiger partial charge in [0.15, 0.2) is 0 Å². The van der Waals surface area contributed by atoms with Crippen molar-refractivity contribution in [1.29, 1.82) is 0 Å². The van der Waals surface area contributed by atoms with Gasteiger partial charge in [0.1, 0.15) is 0 Å². The Hall–Kier alpha value is -5.52. The monoisotopic (exact) mass is 701 g/mol. The molecule has 0 saturated heterocycles. The van der Waals surface area contributed by atoms with Gasteiger partial charge in [-0.2, -0.15) is 0 Å². The van der Waals surface area contributed by atoms with Crippen LogP contribution in [0.4, 0.5) is 17.1 Å². The lowest BCUT2D eigenvalue weighted by Gasteiger charge is -2.39. The highest BCUT2D eigenvalue weighted by Crippen LogP contribution is 2.51. The van der Waals surface area contributed by atoms with Crippen LogP contribution in [0, 0.1) is 0 Å². The molecule has 0 fully saturated rings. The van der Waals surface area contributed by atoms with Crippen LogP contribution in [0.2, 0.25) is 0 Å². The SMILES string of the molecule is CC(C)(C)c1ccc(N2c3ccc(C(C)(C)C)cc3B3c4c2csc4-c2cc4c5ccccc5n(-c5ccccc5)c4c4c5ccccc5n3c24)cc1. The Bertz CT molecular complexity index is 2970. The van der Waals surface area contributed by atoms with Crippen molar-refractivity contribution in [3.8, 4) is 16.1 Å². The molecular weight excluding hydrogens is 661 g/mol. The smallest absolute Gasteiger partial charge is 0.333 e. The van der Waals surface area contributed by atoms with E-state index < -0.39 is 0 Å². The zero-order valence-electron chi connectivity index (χ0n) is 31.0. The number of benzene rings is 6. The third-order valence-electron chi connectivity index (χ3n) is 11.9. The fraction of sp³-hybridized carbons (Fsp3) is 0.167.